The van der Waals surface area contributed by atoms with Gasteiger partial charge in [-0.2, -0.15) is 0 Å². The van der Waals surface area contributed by atoms with E-state index < -0.39 is 5.97 Å². The Labute approximate surface area is 124 Å². The molecule has 21 heavy (non-hydrogen) atoms. The quantitative estimate of drug-likeness (QED) is 0.829. The molecule has 0 aliphatic rings. The van der Waals surface area contributed by atoms with Gasteiger partial charge in [-0.05, 0) is 42.7 Å². The Morgan fingerprint density at radius 1 is 1.00 bits per heavy atom. The third-order valence-electron chi connectivity index (χ3n) is 3.37. The second kappa shape index (κ2) is 6.75. The lowest BCUT2D eigenvalue weighted by molar-refractivity contribution is 0.0697. The highest BCUT2D eigenvalue weighted by Gasteiger charge is 2.07. The average molecular weight is 282 g/mol. The number of carbonyl (C=O) groups is 1. The van der Waals surface area contributed by atoms with Gasteiger partial charge in [-0.15, -0.1) is 0 Å². The molecule has 0 fully saturated rings. The Balaban J connectivity index is 2.14. The van der Waals surface area contributed by atoms with E-state index in [1.807, 2.05) is 50.2 Å². The van der Waals surface area contributed by atoms with Crippen LogP contribution in [-0.2, 0) is 11.3 Å². The topological polar surface area (TPSA) is 46.5 Å². The van der Waals surface area contributed by atoms with Crippen molar-refractivity contribution in [3.8, 4) is 0 Å². The van der Waals surface area contributed by atoms with E-state index >= 15 is 0 Å². The van der Waals surface area contributed by atoms with E-state index in [4.69, 9.17) is 9.84 Å². The minimum absolute atomic E-state index is 0.280. The summed E-state index contributed by atoms with van der Waals surface area (Å²) in [6.07, 6.45) is 0. The van der Waals surface area contributed by atoms with Crippen molar-refractivity contribution in [3.05, 3.63) is 77.0 Å². The van der Waals surface area contributed by atoms with Gasteiger partial charge >= 0.3 is 5.97 Å². The van der Waals surface area contributed by atoms with Crippen LogP contribution >= 0.6 is 0 Å². The fraction of sp³-hybridized carbons (Fsp3) is 0.167. The predicted octanol–water partition coefficient (Wildman–Crippen LogP) is 4.35. The number of allylic oxidation sites excluding steroid dienone is 2. The molecule has 0 spiro atoms. The Kier molecular flexibility index (Phi) is 4.77. The number of ether oxygens (including phenoxy) is 1. The number of hydrogen-bond acceptors (Lipinski definition) is 2. The zero-order chi connectivity index (χ0) is 15.2. The maximum absolute atomic E-state index is 11.0. The van der Waals surface area contributed by atoms with Crippen LogP contribution in [0.25, 0.3) is 5.57 Å². The summed E-state index contributed by atoms with van der Waals surface area (Å²) >= 11 is 0. The van der Waals surface area contributed by atoms with E-state index in [1.165, 1.54) is 0 Å². The molecule has 108 valence electrons. The molecule has 1 N–H and O–H groups in total. The molecular weight excluding hydrogens is 264 g/mol. The molecule has 2 aromatic rings. The number of aromatic carboxylic acids is 1. The molecule has 2 rings (SSSR count). The molecule has 0 saturated carbocycles. The Morgan fingerprint density at radius 3 is 2.33 bits per heavy atom. The van der Waals surface area contributed by atoms with Crippen molar-refractivity contribution < 1.29 is 14.6 Å². The highest BCUT2D eigenvalue weighted by molar-refractivity contribution is 5.88. The normalized spacial score (nSPS) is 11.7. The van der Waals surface area contributed by atoms with Crippen LogP contribution in [0.5, 0.6) is 0 Å². The smallest absolute Gasteiger partial charge is 0.335 e. The van der Waals surface area contributed by atoms with Crippen LogP contribution in [0.15, 0.2) is 60.4 Å². The minimum Gasteiger partial charge on any atom is -0.493 e. The van der Waals surface area contributed by atoms with E-state index in [9.17, 15) is 4.79 Å². The van der Waals surface area contributed by atoms with Crippen LogP contribution in [0.4, 0.5) is 0 Å². The molecule has 2 aromatic carbocycles. The predicted molar refractivity (Wildman–Crippen MR) is 82.9 cm³/mol. The van der Waals surface area contributed by atoms with Crippen LogP contribution in [0.1, 0.15) is 35.3 Å². The lowest BCUT2D eigenvalue weighted by Crippen LogP contribution is -1.98. The van der Waals surface area contributed by atoms with Crippen LogP contribution in [0.3, 0.4) is 0 Å². The number of carboxylic acid groups (broad SMARTS) is 1. The second-order valence-corrected chi connectivity index (χ2v) is 4.84. The molecule has 3 heteroatoms. The van der Waals surface area contributed by atoms with Gasteiger partial charge < -0.3 is 9.84 Å². The summed E-state index contributed by atoms with van der Waals surface area (Å²) in [6.45, 7) is 4.33. The zero-order valence-electron chi connectivity index (χ0n) is 12.2. The monoisotopic (exact) mass is 282 g/mol. The molecule has 0 radical (unpaired) electrons. The van der Waals surface area contributed by atoms with Gasteiger partial charge in [0, 0.05) is 0 Å². The molecule has 0 bridgehead atoms. The molecule has 0 aliphatic heterocycles. The number of carboxylic acids is 1. The van der Waals surface area contributed by atoms with Gasteiger partial charge in [0.05, 0.1) is 11.3 Å². The lowest BCUT2D eigenvalue weighted by atomic mass is 10.0. The SMILES string of the molecule is CC(OCc1ccccc1)=C(C)c1cccc(C(=O)O)c1. The first-order chi connectivity index (χ1) is 10.1. The van der Waals surface area contributed by atoms with Gasteiger partial charge in [0.15, 0.2) is 0 Å². The molecule has 0 unspecified atom stereocenters. The zero-order valence-corrected chi connectivity index (χ0v) is 12.2. The molecule has 0 saturated heterocycles. The van der Waals surface area contributed by atoms with Crippen molar-refractivity contribution in [1.29, 1.82) is 0 Å². The van der Waals surface area contributed by atoms with Crippen LogP contribution in [0, 0.1) is 0 Å². The summed E-state index contributed by atoms with van der Waals surface area (Å²) in [4.78, 5) is 11.0. The molecule has 3 nitrogen and oxygen atoms in total. The van der Waals surface area contributed by atoms with Crippen molar-refractivity contribution >= 4 is 11.5 Å². The summed E-state index contributed by atoms with van der Waals surface area (Å²) in [5.41, 5.74) is 3.18. The molecule has 0 amide bonds. The highest BCUT2D eigenvalue weighted by Crippen LogP contribution is 2.21. The first-order valence-electron chi connectivity index (χ1n) is 6.76. The van der Waals surface area contributed by atoms with Gasteiger partial charge in [0.1, 0.15) is 6.61 Å². The van der Waals surface area contributed by atoms with Gasteiger partial charge in [0.25, 0.3) is 0 Å². The number of benzene rings is 2. The summed E-state index contributed by atoms with van der Waals surface area (Å²) in [6, 6.07) is 16.8. The maximum atomic E-state index is 11.0. The molecule has 0 heterocycles. The number of rotatable bonds is 5. The minimum atomic E-state index is -0.924. The fourth-order valence-corrected chi connectivity index (χ4v) is 1.96. The third kappa shape index (κ3) is 3.96. The van der Waals surface area contributed by atoms with Crippen molar-refractivity contribution in [3.63, 3.8) is 0 Å². The molecule has 0 aromatic heterocycles. The third-order valence-corrected chi connectivity index (χ3v) is 3.37. The largest absolute Gasteiger partial charge is 0.493 e. The van der Waals surface area contributed by atoms with Crippen molar-refractivity contribution in [2.75, 3.05) is 0 Å². The summed E-state index contributed by atoms with van der Waals surface area (Å²) in [5, 5.41) is 9.03. The Morgan fingerprint density at radius 2 is 1.67 bits per heavy atom. The first-order valence-corrected chi connectivity index (χ1v) is 6.76. The van der Waals surface area contributed by atoms with Crippen molar-refractivity contribution in [1.82, 2.24) is 0 Å². The first kappa shape index (κ1) is 14.9. The van der Waals surface area contributed by atoms with Crippen molar-refractivity contribution in [2.24, 2.45) is 0 Å². The van der Waals surface area contributed by atoms with Gasteiger partial charge in [0.2, 0.25) is 0 Å². The summed E-state index contributed by atoms with van der Waals surface area (Å²) in [7, 11) is 0. The Bertz CT molecular complexity index is 657. The van der Waals surface area contributed by atoms with Gasteiger partial charge in [-0.3, -0.25) is 0 Å². The standard InChI is InChI=1S/C18H18O3/c1-13(16-9-6-10-17(11-16)18(19)20)14(2)21-12-15-7-4-3-5-8-15/h3-11H,12H2,1-2H3,(H,19,20). The van der Waals surface area contributed by atoms with Gasteiger partial charge in [-0.1, -0.05) is 42.5 Å². The maximum Gasteiger partial charge on any atom is 0.335 e. The molecule has 0 atom stereocenters. The van der Waals surface area contributed by atoms with Crippen LogP contribution in [-0.4, -0.2) is 11.1 Å². The van der Waals surface area contributed by atoms with E-state index in [0.717, 1.165) is 22.5 Å². The summed E-state index contributed by atoms with van der Waals surface area (Å²) < 4.78 is 5.78. The highest BCUT2D eigenvalue weighted by atomic mass is 16.5. The van der Waals surface area contributed by atoms with Crippen LogP contribution in [0.2, 0.25) is 0 Å². The van der Waals surface area contributed by atoms with E-state index in [-0.39, 0.29) is 5.56 Å². The second-order valence-electron chi connectivity index (χ2n) is 4.84. The van der Waals surface area contributed by atoms with E-state index in [0.29, 0.717) is 6.61 Å². The average Bonchev–Trinajstić information content (AvgIpc) is 2.53. The molecule has 0 aliphatic carbocycles. The van der Waals surface area contributed by atoms with Crippen molar-refractivity contribution in [2.45, 2.75) is 20.5 Å². The lowest BCUT2D eigenvalue weighted by Gasteiger charge is -2.11. The Hall–Kier alpha value is -2.55. The summed E-state index contributed by atoms with van der Waals surface area (Å²) in [5.74, 6) is -0.131. The fourth-order valence-electron chi connectivity index (χ4n) is 1.96. The number of hydrogen-bond donors (Lipinski definition) is 1. The van der Waals surface area contributed by atoms with E-state index in [1.54, 1.807) is 18.2 Å². The van der Waals surface area contributed by atoms with Crippen LogP contribution < -0.4 is 0 Å². The van der Waals surface area contributed by atoms with Gasteiger partial charge in [-0.25, -0.2) is 4.79 Å². The van der Waals surface area contributed by atoms with E-state index in [2.05, 4.69) is 0 Å². The molecular formula is C18H18O3.